The molecule has 3 heterocycles. The van der Waals surface area contributed by atoms with Crippen molar-refractivity contribution in [3.05, 3.63) is 82.6 Å². The van der Waals surface area contributed by atoms with E-state index in [4.69, 9.17) is 8.94 Å². The third kappa shape index (κ3) is 2.41. The zero-order valence-corrected chi connectivity index (χ0v) is 13.7. The Balaban J connectivity index is 1.43. The van der Waals surface area contributed by atoms with Crippen LogP contribution in [0.4, 0.5) is 0 Å². The second-order valence-corrected chi connectivity index (χ2v) is 6.06. The standard InChI is InChI=1S/C19H14N4O3/c24-19-23(15-7-3-4-8-16(15)25-19)11-17-21-18(26-22-17)9-12-10-20-14-6-2-1-5-13(12)14/h1-8,10,20H,9,11H2. The molecule has 7 nitrogen and oxygen atoms in total. The predicted molar refractivity (Wildman–Crippen MR) is 95.0 cm³/mol. The molecule has 7 heteroatoms. The molecule has 3 aromatic heterocycles. The first-order valence-electron chi connectivity index (χ1n) is 8.23. The summed E-state index contributed by atoms with van der Waals surface area (Å²) < 4.78 is 12.1. The lowest BCUT2D eigenvalue weighted by molar-refractivity contribution is 0.377. The van der Waals surface area contributed by atoms with Crippen LogP contribution >= 0.6 is 0 Å². The first kappa shape index (κ1) is 14.7. The molecule has 0 aliphatic heterocycles. The van der Waals surface area contributed by atoms with Crippen molar-refractivity contribution in [2.45, 2.75) is 13.0 Å². The third-order valence-electron chi connectivity index (χ3n) is 4.40. The maximum absolute atomic E-state index is 12.1. The van der Waals surface area contributed by atoms with Crippen molar-refractivity contribution in [3.63, 3.8) is 0 Å². The number of para-hydroxylation sites is 3. The molecule has 2 aromatic carbocycles. The van der Waals surface area contributed by atoms with Crippen LogP contribution in [-0.2, 0) is 13.0 Å². The minimum atomic E-state index is -0.436. The van der Waals surface area contributed by atoms with Gasteiger partial charge in [-0.25, -0.2) is 4.79 Å². The maximum atomic E-state index is 12.1. The number of aromatic amines is 1. The molecule has 0 bridgehead atoms. The van der Waals surface area contributed by atoms with Crippen molar-refractivity contribution >= 4 is 22.0 Å². The van der Waals surface area contributed by atoms with E-state index in [0.717, 1.165) is 16.5 Å². The molecule has 0 unspecified atom stereocenters. The van der Waals surface area contributed by atoms with Gasteiger partial charge in [-0.15, -0.1) is 0 Å². The normalized spacial score (nSPS) is 11.5. The molecule has 0 fully saturated rings. The van der Waals surface area contributed by atoms with E-state index in [1.807, 2.05) is 42.6 Å². The van der Waals surface area contributed by atoms with E-state index in [-0.39, 0.29) is 6.54 Å². The molecule has 5 rings (SSSR count). The Morgan fingerprint density at radius 3 is 2.88 bits per heavy atom. The Hall–Kier alpha value is -3.61. The fraction of sp³-hybridized carbons (Fsp3) is 0.105. The summed E-state index contributed by atoms with van der Waals surface area (Å²) in [5.74, 6) is 0.508. The van der Waals surface area contributed by atoms with Gasteiger partial charge >= 0.3 is 5.76 Å². The summed E-state index contributed by atoms with van der Waals surface area (Å²) in [5, 5.41) is 5.13. The van der Waals surface area contributed by atoms with Crippen LogP contribution in [-0.4, -0.2) is 19.7 Å². The highest BCUT2D eigenvalue weighted by Crippen LogP contribution is 2.20. The van der Waals surface area contributed by atoms with E-state index in [9.17, 15) is 4.79 Å². The molecule has 0 amide bonds. The third-order valence-corrected chi connectivity index (χ3v) is 4.40. The summed E-state index contributed by atoms with van der Waals surface area (Å²) in [6.07, 6.45) is 2.47. The molecule has 0 aliphatic rings. The molecule has 0 saturated heterocycles. The maximum Gasteiger partial charge on any atom is 0.420 e. The number of benzene rings is 2. The van der Waals surface area contributed by atoms with E-state index in [2.05, 4.69) is 21.2 Å². The first-order chi connectivity index (χ1) is 12.8. The number of fused-ring (bicyclic) bond motifs is 2. The Kier molecular flexibility index (Phi) is 3.24. The largest absolute Gasteiger partial charge is 0.420 e. The van der Waals surface area contributed by atoms with E-state index < -0.39 is 5.76 Å². The average Bonchev–Trinajstić information content (AvgIpc) is 3.35. The number of rotatable bonds is 4. The van der Waals surface area contributed by atoms with E-state index in [0.29, 0.717) is 29.2 Å². The van der Waals surface area contributed by atoms with Crippen molar-refractivity contribution in [1.29, 1.82) is 0 Å². The van der Waals surface area contributed by atoms with Gasteiger partial charge in [-0.2, -0.15) is 4.98 Å². The molecule has 0 spiro atoms. The summed E-state index contributed by atoms with van der Waals surface area (Å²) in [4.78, 5) is 19.7. The molecular weight excluding hydrogens is 332 g/mol. The van der Waals surface area contributed by atoms with Crippen molar-refractivity contribution in [2.24, 2.45) is 0 Å². The van der Waals surface area contributed by atoms with Gasteiger partial charge in [-0.1, -0.05) is 35.5 Å². The number of hydrogen-bond acceptors (Lipinski definition) is 5. The van der Waals surface area contributed by atoms with E-state index in [1.165, 1.54) is 4.57 Å². The fourth-order valence-electron chi connectivity index (χ4n) is 3.17. The SMILES string of the molecule is O=c1oc2ccccc2n1Cc1noc(Cc2c[nH]c3ccccc23)n1. The van der Waals surface area contributed by atoms with Crippen LogP contribution in [0.5, 0.6) is 0 Å². The van der Waals surface area contributed by atoms with E-state index in [1.54, 1.807) is 6.07 Å². The summed E-state index contributed by atoms with van der Waals surface area (Å²) >= 11 is 0. The molecule has 0 atom stereocenters. The summed E-state index contributed by atoms with van der Waals surface area (Å²) in [6.45, 7) is 0.202. The number of nitrogens with one attached hydrogen (secondary N) is 1. The topological polar surface area (TPSA) is 89.9 Å². The zero-order valence-electron chi connectivity index (χ0n) is 13.7. The van der Waals surface area contributed by atoms with Gasteiger partial charge < -0.3 is 13.9 Å². The number of oxazole rings is 1. The monoisotopic (exact) mass is 346 g/mol. The second kappa shape index (κ2) is 5.73. The Morgan fingerprint density at radius 2 is 1.92 bits per heavy atom. The van der Waals surface area contributed by atoms with E-state index >= 15 is 0 Å². The minimum Gasteiger partial charge on any atom is -0.408 e. The lowest BCUT2D eigenvalue weighted by atomic mass is 10.1. The Bertz CT molecular complexity index is 1270. The lowest BCUT2D eigenvalue weighted by Gasteiger charge is -1.96. The van der Waals surface area contributed by atoms with Gasteiger partial charge in [-0.3, -0.25) is 4.57 Å². The van der Waals surface area contributed by atoms with Crippen LogP contribution in [0.1, 0.15) is 17.3 Å². The molecule has 0 saturated carbocycles. The van der Waals surface area contributed by atoms with Crippen LogP contribution in [0.15, 0.2) is 68.5 Å². The number of H-pyrrole nitrogens is 1. The molecule has 128 valence electrons. The van der Waals surface area contributed by atoms with Crippen molar-refractivity contribution in [2.75, 3.05) is 0 Å². The van der Waals surface area contributed by atoms with Gasteiger partial charge in [0, 0.05) is 17.1 Å². The van der Waals surface area contributed by atoms with Crippen molar-refractivity contribution in [3.8, 4) is 0 Å². The van der Waals surface area contributed by atoms with Crippen LogP contribution < -0.4 is 5.76 Å². The fourth-order valence-corrected chi connectivity index (χ4v) is 3.17. The number of nitrogens with zero attached hydrogens (tertiary/aromatic N) is 3. The van der Waals surface area contributed by atoms with Gasteiger partial charge in [-0.05, 0) is 23.8 Å². The quantitative estimate of drug-likeness (QED) is 0.540. The molecule has 0 aliphatic carbocycles. The zero-order chi connectivity index (χ0) is 17.5. The van der Waals surface area contributed by atoms with Gasteiger partial charge in [0.1, 0.15) is 0 Å². The summed E-state index contributed by atoms with van der Waals surface area (Å²) in [5.41, 5.74) is 3.40. The minimum absolute atomic E-state index is 0.202. The van der Waals surface area contributed by atoms with Crippen LogP contribution in [0.3, 0.4) is 0 Å². The number of aromatic nitrogens is 4. The predicted octanol–water partition coefficient (Wildman–Crippen LogP) is 3.10. The highest BCUT2D eigenvalue weighted by atomic mass is 16.5. The highest BCUT2D eigenvalue weighted by molar-refractivity contribution is 5.83. The summed E-state index contributed by atoms with van der Waals surface area (Å²) in [6, 6.07) is 15.3. The molecule has 0 radical (unpaired) electrons. The molecule has 5 aromatic rings. The number of hydrogen-bond donors (Lipinski definition) is 1. The van der Waals surface area contributed by atoms with Gasteiger partial charge in [0.15, 0.2) is 11.4 Å². The van der Waals surface area contributed by atoms with Crippen LogP contribution in [0.2, 0.25) is 0 Å². The molecule has 26 heavy (non-hydrogen) atoms. The highest BCUT2D eigenvalue weighted by Gasteiger charge is 2.14. The summed E-state index contributed by atoms with van der Waals surface area (Å²) in [7, 11) is 0. The van der Waals surface area contributed by atoms with Crippen molar-refractivity contribution in [1.82, 2.24) is 19.7 Å². The Morgan fingerprint density at radius 1 is 1.08 bits per heavy atom. The van der Waals surface area contributed by atoms with Gasteiger partial charge in [0.25, 0.3) is 0 Å². The van der Waals surface area contributed by atoms with Crippen molar-refractivity contribution < 1.29 is 8.94 Å². The first-order valence-corrected chi connectivity index (χ1v) is 8.23. The Labute approximate surface area is 146 Å². The molecule has 1 N–H and O–H groups in total. The lowest BCUT2D eigenvalue weighted by Crippen LogP contribution is -2.15. The molecular formula is C19H14N4O3. The van der Waals surface area contributed by atoms with Gasteiger partial charge in [0.2, 0.25) is 5.89 Å². The van der Waals surface area contributed by atoms with Crippen LogP contribution in [0, 0.1) is 0 Å². The smallest absolute Gasteiger partial charge is 0.408 e. The van der Waals surface area contributed by atoms with Crippen LogP contribution in [0.25, 0.3) is 22.0 Å². The second-order valence-electron chi connectivity index (χ2n) is 6.06. The average molecular weight is 346 g/mol. The van der Waals surface area contributed by atoms with Gasteiger partial charge in [0.05, 0.1) is 18.5 Å².